The molecule has 0 saturated heterocycles. The van der Waals surface area contributed by atoms with E-state index in [2.05, 4.69) is 10.6 Å². The molecule has 0 fully saturated rings. The molecule has 2 rings (SSSR count). The number of aliphatic carboxylic acids is 1. The molecule has 0 atom stereocenters. The molecule has 0 bridgehead atoms. The number of anilines is 1. The summed E-state index contributed by atoms with van der Waals surface area (Å²) in [5.74, 6) is -1.04. The summed E-state index contributed by atoms with van der Waals surface area (Å²) in [6, 6.07) is 15.1. The molecule has 2 aromatic carbocycles. The zero-order valence-corrected chi connectivity index (χ0v) is 14.8. The summed E-state index contributed by atoms with van der Waals surface area (Å²) in [6.45, 7) is 3.51. The van der Waals surface area contributed by atoms with E-state index in [0.717, 1.165) is 0 Å². The Morgan fingerprint density at radius 2 is 1.62 bits per heavy atom. The van der Waals surface area contributed by atoms with Crippen LogP contribution in [0.25, 0.3) is 0 Å². The number of benzene rings is 2. The Morgan fingerprint density at radius 1 is 0.962 bits per heavy atom. The highest BCUT2D eigenvalue weighted by Crippen LogP contribution is 2.16. The van der Waals surface area contributed by atoms with E-state index in [0.29, 0.717) is 23.2 Å². The molecule has 0 aliphatic rings. The lowest BCUT2D eigenvalue weighted by atomic mass is 9.99. The van der Waals surface area contributed by atoms with Gasteiger partial charge in [-0.3, -0.25) is 9.59 Å². The number of carboxylic acid groups (broad SMARTS) is 1. The van der Waals surface area contributed by atoms with E-state index in [9.17, 15) is 14.4 Å². The molecule has 6 nitrogen and oxygen atoms in total. The predicted molar refractivity (Wildman–Crippen MR) is 99.4 cm³/mol. The van der Waals surface area contributed by atoms with Crippen molar-refractivity contribution < 1.29 is 19.5 Å². The molecule has 0 heterocycles. The highest BCUT2D eigenvalue weighted by atomic mass is 16.4. The quantitative estimate of drug-likeness (QED) is 0.661. The molecule has 2 aromatic rings. The number of amides is 2. The van der Waals surface area contributed by atoms with Crippen molar-refractivity contribution in [1.82, 2.24) is 5.32 Å². The molecule has 0 unspecified atom stereocenters. The summed E-state index contributed by atoms with van der Waals surface area (Å²) in [5, 5.41) is 14.2. The first kappa shape index (κ1) is 19.2. The number of rotatable bonds is 7. The van der Waals surface area contributed by atoms with Crippen molar-refractivity contribution in [3.05, 3.63) is 65.7 Å². The van der Waals surface area contributed by atoms with Gasteiger partial charge in [-0.25, -0.2) is 4.79 Å². The van der Waals surface area contributed by atoms with Crippen LogP contribution in [0.3, 0.4) is 0 Å². The van der Waals surface area contributed by atoms with Crippen molar-refractivity contribution in [2.75, 3.05) is 5.32 Å². The topological polar surface area (TPSA) is 95.5 Å². The predicted octanol–water partition coefficient (Wildman–Crippen LogP) is 3.68. The van der Waals surface area contributed by atoms with Crippen molar-refractivity contribution in [3.63, 3.8) is 0 Å². The first-order valence-corrected chi connectivity index (χ1v) is 8.28. The third-order valence-electron chi connectivity index (χ3n) is 3.83. The van der Waals surface area contributed by atoms with Gasteiger partial charge in [0, 0.05) is 28.8 Å². The molecule has 0 spiro atoms. The third kappa shape index (κ3) is 5.73. The summed E-state index contributed by atoms with van der Waals surface area (Å²) >= 11 is 0. The highest BCUT2D eigenvalue weighted by molar-refractivity contribution is 6.09. The molecular formula is C20H22N2O4. The van der Waals surface area contributed by atoms with Gasteiger partial charge in [-0.15, -0.1) is 0 Å². The van der Waals surface area contributed by atoms with Crippen LogP contribution in [0.15, 0.2) is 54.6 Å². The Kier molecular flexibility index (Phi) is 6.11. The highest BCUT2D eigenvalue weighted by Gasteiger charge is 2.21. The number of urea groups is 1. The van der Waals surface area contributed by atoms with Crippen molar-refractivity contribution in [2.45, 2.75) is 32.2 Å². The van der Waals surface area contributed by atoms with E-state index in [-0.39, 0.29) is 12.2 Å². The summed E-state index contributed by atoms with van der Waals surface area (Å²) in [7, 11) is 0. The summed E-state index contributed by atoms with van der Waals surface area (Å²) in [6.07, 6.45) is 0.274. The van der Waals surface area contributed by atoms with Gasteiger partial charge in [-0.05, 0) is 32.4 Å². The molecule has 26 heavy (non-hydrogen) atoms. The molecule has 2 amide bonds. The first-order valence-electron chi connectivity index (χ1n) is 8.28. The fourth-order valence-corrected chi connectivity index (χ4v) is 2.45. The van der Waals surface area contributed by atoms with Gasteiger partial charge in [0.2, 0.25) is 0 Å². The van der Waals surface area contributed by atoms with Crippen LogP contribution in [0.5, 0.6) is 0 Å². The van der Waals surface area contributed by atoms with E-state index >= 15 is 0 Å². The Morgan fingerprint density at radius 3 is 2.27 bits per heavy atom. The Balaban J connectivity index is 2.03. The standard InChI is InChI=1S/C20H22N2O4/c1-20(2,12-11-17(23)24)22-19(26)21-16-10-6-9-15(13-16)18(25)14-7-4-3-5-8-14/h3-10,13H,11-12H2,1-2H3,(H,23,24)(H2,21,22,26). The maximum atomic E-state index is 12.5. The van der Waals surface area contributed by atoms with E-state index < -0.39 is 17.5 Å². The lowest BCUT2D eigenvalue weighted by Gasteiger charge is -2.25. The summed E-state index contributed by atoms with van der Waals surface area (Å²) < 4.78 is 0. The SMILES string of the molecule is CC(C)(CCC(=O)O)NC(=O)Nc1cccc(C(=O)c2ccccc2)c1. The van der Waals surface area contributed by atoms with Gasteiger partial charge < -0.3 is 15.7 Å². The number of carbonyl (C=O) groups is 3. The Hall–Kier alpha value is -3.15. The number of carboxylic acids is 1. The van der Waals surface area contributed by atoms with Crippen LogP contribution < -0.4 is 10.6 Å². The normalized spacial score (nSPS) is 10.8. The molecule has 0 aliphatic carbocycles. The molecule has 3 N–H and O–H groups in total. The monoisotopic (exact) mass is 354 g/mol. The van der Waals surface area contributed by atoms with Crippen LogP contribution in [-0.2, 0) is 4.79 Å². The Labute approximate surface area is 152 Å². The minimum absolute atomic E-state index is 0.0334. The van der Waals surface area contributed by atoms with Crippen molar-refractivity contribution in [3.8, 4) is 0 Å². The maximum absolute atomic E-state index is 12.5. The zero-order valence-electron chi connectivity index (χ0n) is 14.8. The van der Waals surface area contributed by atoms with Crippen LogP contribution in [-0.4, -0.2) is 28.4 Å². The van der Waals surface area contributed by atoms with Crippen LogP contribution in [0.4, 0.5) is 10.5 Å². The average Bonchev–Trinajstić information content (AvgIpc) is 2.60. The van der Waals surface area contributed by atoms with Crippen LogP contribution >= 0.6 is 0 Å². The number of hydrogen-bond donors (Lipinski definition) is 3. The molecular weight excluding hydrogens is 332 g/mol. The lowest BCUT2D eigenvalue weighted by Crippen LogP contribution is -2.45. The molecule has 0 aliphatic heterocycles. The third-order valence-corrected chi connectivity index (χ3v) is 3.83. The number of ketones is 1. The smallest absolute Gasteiger partial charge is 0.319 e. The largest absolute Gasteiger partial charge is 0.481 e. The summed E-state index contributed by atoms with van der Waals surface area (Å²) in [5.41, 5.74) is 0.862. The summed E-state index contributed by atoms with van der Waals surface area (Å²) in [4.78, 5) is 35.3. The van der Waals surface area contributed by atoms with Gasteiger partial charge in [0.15, 0.2) is 5.78 Å². The van der Waals surface area contributed by atoms with E-state index in [1.165, 1.54) is 0 Å². The second kappa shape index (κ2) is 8.29. The Bertz CT molecular complexity index is 800. The fraction of sp³-hybridized carbons (Fsp3) is 0.250. The zero-order chi connectivity index (χ0) is 19.2. The van der Waals surface area contributed by atoms with Gasteiger partial charge in [0.1, 0.15) is 0 Å². The number of nitrogens with one attached hydrogen (secondary N) is 2. The van der Waals surface area contributed by atoms with Gasteiger partial charge in [-0.1, -0.05) is 42.5 Å². The van der Waals surface area contributed by atoms with Crippen molar-refractivity contribution in [1.29, 1.82) is 0 Å². The first-order chi connectivity index (χ1) is 12.3. The molecule has 6 heteroatoms. The molecule has 0 radical (unpaired) electrons. The minimum Gasteiger partial charge on any atom is -0.481 e. The van der Waals surface area contributed by atoms with Crippen LogP contribution in [0, 0.1) is 0 Å². The molecule has 0 aromatic heterocycles. The van der Waals surface area contributed by atoms with Crippen LogP contribution in [0.1, 0.15) is 42.6 Å². The van der Waals surface area contributed by atoms with E-state index in [1.54, 1.807) is 62.4 Å². The van der Waals surface area contributed by atoms with Gasteiger partial charge in [0.05, 0.1) is 0 Å². The fourth-order valence-electron chi connectivity index (χ4n) is 2.45. The van der Waals surface area contributed by atoms with E-state index in [4.69, 9.17) is 5.11 Å². The van der Waals surface area contributed by atoms with Gasteiger partial charge >= 0.3 is 12.0 Å². The minimum atomic E-state index is -0.910. The van der Waals surface area contributed by atoms with Crippen molar-refractivity contribution >= 4 is 23.5 Å². The van der Waals surface area contributed by atoms with Gasteiger partial charge in [-0.2, -0.15) is 0 Å². The number of carbonyl (C=O) groups excluding carboxylic acids is 2. The maximum Gasteiger partial charge on any atom is 0.319 e. The second-order valence-corrected chi connectivity index (χ2v) is 6.63. The van der Waals surface area contributed by atoms with Crippen molar-refractivity contribution in [2.24, 2.45) is 0 Å². The lowest BCUT2D eigenvalue weighted by molar-refractivity contribution is -0.137. The molecule has 0 saturated carbocycles. The number of hydrogen-bond acceptors (Lipinski definition) is 3. The molecule has 136 valence electrons. The average molecular weight is 354 g/mol. The van der Waals surface area contributed by atoms with Crippen LogP contribution in [0.2, 0.25) is 0 Å². The van der Waals surface area contributed by atoms with E-state index in [1.807, 2.05) is 6.07 Å². The second-order valence-electron chi connectivity index (χ2n) is 6.63. The van der Waals surface area contributed by atoms with Gasteiger partial charge in [0.25, 0.3) is 0 Å².